The Kier molecular flexibility index (Phi) is 7.86. The highest BCUT2D eigenvalue weighted by molar-refractivity contribution is 7.86. The molecule has 4 aromatic heterocycles. The van der Waals surface area contributed by atoms with Crippen LogP contribution in [0.1, 0.15) is 17.0 Å². The molecule has 210 valence electrons. The van der Waals surface area contributed by atoms with Crippen LogP contribution in [0.3, 0.4) is 0 Å². The fourth-order valence-electron chi connectivity index (χ4n) is 3.82. The predicted octanol–water partition coefficient (Wildman–Crippen LogP) is -0.105. The molecule has 0 fully saturated rings. The molecule has 0 spiro atoms. The number of oxazole rings is 1. The topological polar surface area (TPSA) is 139 Å². The Labute approximate surface area is 247 Å². The highest BCUT2D eigenvalue weighted by Crippen LogP contribution is 2.28. The molecule has 11 nitrogen and oxygen atoms in total. The van der Waals surface area contributed by atoms with Crippen molar-refractivity contribution in [3.05, 3.63) is 84.2 Å². The normalized spacial score (nSPS) is 12.3. The molecule has 0 unspecified atom stereocenters. The molecule has 0 aliphatic heterocycles. The van der Waals surface area contributed by atoms with Gasteiger partial charge in [-0.1, -0.05) is 17.7 Å². The van der Waals surface area contributed by atoms with Crippen molar-refractivity contribution in [2.75, 3.05) is 0 Å². The predicted molar refractivity (Wildman–Crippen MR) is 166 cm³/mol. The van der Waals surface area contributed by atoms with Crippen molar-refractivity contribution in [1.29, 1.82) is 0 Å². The van der Waals surface area contributed by atoms with Gasteiger partial charge in [0.05, 0.1) is 28.4 Å². The molecule has 5 aromatic rings. The van der Waals surface area contributed by atoms with Crippen LogP contribution in [0.5, 0.6) is 11.5 Å². The highest BCUT2D eigenvalue weighted by Gasteiger charge is 2.43. The van der Waals surface area contributed by atoms with Crippen LogP contribution < -0.4 is 9.47 Å². The molecule has 0 saturated carbocycles. The second-order valence-corrected chi connectivity index (χ2v) is 12.4. The van der Waals surface area contributed by atoms with Gasteiger partial charge < -0.3 is 13.9 Å². The molecule has 0 aliphatic carbocycles. The molecular weight excluding hydrogens is 554 g/mol. The monoisotopic (exact) mass is 581 g/mol. The molecule has 1 aromatic carbocycles. The number of pyridine rings is 2. The van der Waals surface area contributed by atoms with E-state index in [9.17, 15) is 8.42 Å². The largest absolute Gasteiger partial charge is 0.502 e. The van der Waals surface area contributed by atoms with Crippen LogP contribution in [0.2, 0.25) is 0 Å². The van der Waals surface area contributed by atoms with Gasteiger partial charge in [0.1, 0.15) is 67.0 Å². The minimum Gasteiger partial charge on any atom is -0.502 e. The van der Waals surface area contributed by atoms with E-state index in [2.05, 4.69) is 24.9 Å². The molecule has 0 saturated heterocycles. The lowest BCUT2D eigenvalue weighted by Crippen LogP contribution is -2.62. The van der Waals surface area contributed by atoms with Gasteiger partial charge in [0.25, 0.3) is 10.1 Å². The third-order valence-corrected chi connectivity index (χ3v) is 8.37. The molecule has 5 rings (SSSR count). The molecule has 0 radical (unpaired) electrons. The first kappa shape index (κ1) is 29.3. The van der Waals surface area contributed by atoms with Crippen molar-refractivity contribution < 1.29 is 26.5 Å². The number of hydrogen-bond donors (Lipinski definition) is 0. The van der Waals surface area contributed by atoms with Crippen LogP contribution in [0.25, 0.3) is 22.8 Å². The van der Waals surface area contributed by atoms with Crippen LogP contribution in [-0.4, -0.2) is 75.5 Å². The highest BCUT2D eigenvalue weighted by atomic mass is 32.2. The zero-order valence-electron chi connectivity index (χ0n) is 24.2. The number of hydrogen-bond acceptors (Lipinski definition) is 11. The molecule has 0 aliphatic rings. The number of aromatic nitrogens is 5. The van der Waals surface area contributed by atoms with Gasteiger partial charge in [-0.2, -0.15) is 8.42 Å². The molecule has 0 N–H and O–H groups in total. The fourth-order valence-corrected chi connectivity index (χ4v) is 5.14. The molecule has 4 heterocycles. The molecule has 0 atom stereocenters. The molecule has 0 amide bonds. The lowest BCUT2D eigenvalue weighted by Gasteiger charge is -2.41. The lowest BCUT2D eigenvalue weighted by molar-refractivity contribution is 0.104. The summed E-state index contributed by atoms with van der Waals surface area (Å²) in [4.78, 5) is 21.6. The molecule has 0 bridgehead atoms. The van der Waals surface area contributed by atoms with Gasteiger partial charge in [0, 0.05) is 17.2 Å². The quantitative estimate of drug-likeness (QED) is 0.161. The average Bonchev–Trinajstić information content (AvgIpc) is 3.36. The van der Waals surface area contributed by atoms with Gasteiger partial charge in [-0.05, 0) is 44.2 Å². The minimum atomic E-state index is -4.01. The van der Waals surface area contributed by atoms with E-state index in [1.54, 1.807) is 80.2 Å². The van der Waals surface area contributed by atoms with E-state index < -0.39 is 20.9 Å². The second-order valence-electron chi connectivity index (χ2n) is 10.8. The Hall–Kier alpha value is -4.16. The van der Waals surface area contributed by atoms with E-state index in [1.807, 2.05) is 13.8 Å². The maximum absolute atomic E-state index is 12.9. The summed E-state index contributed by atoms with van der Waals surface area (Å²) in [6, 6.07) is 13.5. The van der Waals surface area contributed by atoms with E-state index in [4.69, 9.17) is 18.1 Å². The standard InChI is InChI=1S/C26H27B4N5O6S/c1-15-3-7-20(8-4-15)42(36,37)41-26(29,30)25(27,28)40-18-6-5-17(31-11-18)13-38-19-10-22-23(32-12-19)39-24(35-22)21-9-16(2)33-14-34-21/h3-12,14H,13,27-30H2,1-2H3. The first-order valence-corrected chi connectivity index (χ1v) is 14.6. The number of aryl methyl sites for hydroxylation is 2. The molecule has 16 heteroatoms. The number of ether oxygens (including phenoxy) is 2. The van der Waals surface area contributed by atoms with Gasteiger partial charge in [-0.25, -0.2) is 19.9 Å². The number of nitrogens with zero attached hydrogens (tertiary/aromatic N) is 5. The summed E-state index contributed by atoms with van der Waals surface area (Å²) in [6.45, 7) is 3.92. The Morgan fingerprint density at radius 1 is 0.857 bits per heavy atom. The van der Waals surface area contributed by atoms with Crippen molar-refractivity contribution in [2.45, 2.75) is 36.1 Å². The lowest BCUT2D eigenvalue weighted by atomic mass is 9.42. The van der Waals surface area contributed by atoms with Crippen LogP contribution in [-0.2, 0) is 20.9 Å². The van der Waals surface area contributed by atoms with E-state index in [0.29, 0.717) is 40.0 Å². The summed E-state index contributed by atoms with van der Waals surface area (Å²) >= 11 is 0. The Balaban J connectivity index is 1.21. The third kappa shape index (κ3) is 6.50. The van der Waals surface area contributed by atoms with Crippen LogP contribution in [0, 0.1) is 13.8 Å². The van der Waals surface area contributed by atoms with Crippen molar-refractivity contribution in [3.8, 4) is 23.1 Å². The molecular formula is C26H27B4N5O6S. The maximum Gasteiger partial charge on any atom is 0.296 e. The maximum atomic E-state index is 12.9. The summed E-state index contributed by atoms with van der Waals surface area (Å²) in [6.07, 6.45) is 4.56. The van der Waals surface area contributed by atoms with Crippen molar-refractivity contribution in [2.24, 2.45) is 0 Å². The SMILES string of the molecule is BC(B)(Oc1ccc(COc2cnc3oc(-c4cc(C)ncn4)nc3c2)nc1)C(B)(B)OS(=O)(=O)c1ccc(C)cc1. The first-order valence-electron chi connectivity index (χ1n) is 13.2. The zero-order valence-corrected chi connectivity index (χ0v) is 25.0. The number of benzene rings is 1. The third-order valence-electron chi connectivity index (χ3n) is 6.88. The number of rotatable bonds is 10. The first-order chi connectivity index (χ1) is 19.8. The van der Waals surface area contributed by atoms with E-state index in [-0.39, 0.29) is 11.5 Å². The minimum absolute atomic E-state index is 0.0853. The smallest absolute Gasteiger partial charge is 0.296 e. The molecule has 42 heavy (non-hydrogen) atoms. The van der Waals surface area contributed by atoms with Gasteiger partial charge >= 0.3 is 0 Å². The fraction of sp³-hybridized carbons (Fsp3) is 0.192. The van der Waals surface area contributed by atoms with Gasteiger partial charge in [0.2, 0.25) is 11.6 Å². The number of fused-ring (bicyclic) bond motifs is 1. The second kappa shape index (κ2) is 11.3. The summed E-state index contributed by atoms with van der Waals surface area (Å²) in [7, 11) is 2.86. The Bertz CT molecular complexity index is 1830. The van der Waals surface area contributed by atoms with Crippen LogP contribution in [0.15, 0.2) is 76.6 Å². The van der Waals surface area contributed by atoms with Crippen LogP contribution in [0.4, 0.5) is 0 Å². The van der Waals surface area contributed by atoms with Gasteiger partial charge in [-0.15, -0.1) is 0 Å². The van der Waals surface area contributed by atoms with Crippen molar-refractivity contribution >= 4 is 52.7 Å². The zero-order chi connectivity index (χ0) is 30.1. The van der Waals surface area contributed by atoms with Crippen molar-refractivity contribution in [3.63, 3.8) is 0 Å². The van der Waals surface area contributed by atoms with Gasteiger partial charge in [-0.3, -0.25) is 9.17 Å². The van der Waals surface area contributed by atoms with Crippen molar-refractivity contribution in [1.82, 2.24) is 24.9 Å². The van der Waals surface area contributed by atoms with E-state index >= 15 is 0 Å². The van der Waals surface area contributed by atoms with E-state index in [1.165, 1.54) is 18.5 Å². The summed E-state index contributed by atoms with van der Waals surface area (Å²) in [5, 5.41) is -2.25. The Morgan fingerprint density at radius 3 is 2.29 bits per heavy atom. The summed E-state index contributed by atoms with van der Waals surface area (Å²) in [5.41, 5.74) is 3.88. The summed E-state index contributed by atoms with van der Waals surface area (Å²) < 4.78 is 49.2. The van der Waals surface area contributed by atoms with E-state index in [0.717, 1.165) is 11.3 Å². The summed E-state index contributed by atoms with van der Waals surface area (Å²) in [5.74, 6) is 1.30. The van der Waals surface area contributed by atoms with Crippen LogP contribution >= 0.6 is 0 Å². The Morgan fingerprint density at radius 2 is 1.60 bits per heavy atom. The average molecular weight is 581 g/mol. The van der Waals surface area contributed by atoms with Gasteiger partial charge in [0.15, 0.2) is 0 Å².